The van der Waals surface area contributed by atoms with E-state index in [9.17, 15) is 8.42 Å². The lowest BCUT2D eigenvalue weighted by Gasteiger charge is -2.24. The van der Waals surface area contributed by atoms with E-state index in [1.165, 1.54) is 4.31 Å². The molecule has 0 aliphatic carbocycles. The summed E-state index contributed by atoms with van der Waals surface area (Å²) in [6.45, 7) is 4.00. The van der Waals surface area contributed by atoms with Crippen molar-refractivity contribution < 1.29 is 22.6 Å². The molecule has 0 radical (unpaired) electrons. The topological polar surface area (TPSA) is 95.8 Å². The number of nitrogens with zero attached hydrogens (tertiary/aromatic N) is 4. The van der Waals surface area contributed by atoms with Gasteiger partial charge in [-0.15, -0.1) is 5.10 Å². The Labute approximate surface area is 171 Å². The first-order valence-corrected chi connectivity index (χ1v) is 11.2. The molecule has 1 aromatic heterocycles. The highest BCUT2D eigenvalue weighted by molar-refractivity contribution is 9.10. The second-order valence-electron chi connectivity index (χ2n) is 6.73. The highest BCUT2D eigenvalue weighted by Gasteiger charge is 2.35. The molecule has 1 saturated heterocycles. The van der Waals surface area contributed by atoms with Crippen LogP contribution in [-0.4, -0.2) is 59.9 Å². The molecule has 0 unspecified atom stereocenters. The molecule has 1 fully saturated rings. The van der Waals surface area contributed by atoms with Gasteiger partial charge in [0.25, 0.3) is 0 Å². The monoisotopic (exact) mass is 472 g/mol. The van der Waals surface area contributed by atoms with E-state index in [1.807, 2.05) is 6.92 Å². The van der Waals surface area contributed by atoms with Crippen LogP contribution in [0.5, 0.6) is 5.75 Å². The summed E-state index contributed by atoms with van der Waals surface area (Å²) in [5.74, 6) is 0.351. The smallest absolute Gasteiger partial charge is 0.247 e. The quantitative estimate of drug-likeness (QED) is 0.653. The van der Waals surface area contributed by atoms with Crippen molar-refractivity contribution in [1.82, 2.24) is 19.3 Å². The Balaban J connectivity index is 1.51. The van der Waals surface area contributed by atoms with Gasteiger partial charge in [-0.2, -0.15) is 4.31 Å². The lowest BCUT2D eigenvalue weighted by atomic mass is 10.3. The molecule has 0 amide bonds. The summed E-state index contributed by atoms with van der Waals surface area (Å²) in [5, 5.41) is 8.22. The van der Waals surface area contributed by atoms with Gasteiger partial charge in [0, 0.05) is 23.6 Å². The molecule has 28 heavy (non-hydrogen) atoms. The second-order valence-corrected chi connectivity index (χ2v) is 9.51. The average Bonchev–Trinajstić information content (AvgIpc) is 3.32. The van der Waals surface area contributed by atoms with Gasteiger partial charge in [0.1, 0.15) is 17.3 Å². The summed E-state index contributed by atoms with van der Waals surface area (Å²) < 4.78 is 46.8. The molecule has 11 heteroatoms. The maximum absolute atomic E-state index is 13.2. The Bertz CT molecular complexity index is 945. The molecule has 0 saturated carbocycles. The SMILES string of the molecule is C[C@@H]1COc2cc(Br)ccc2S(=O)(=O)N1Cc1cn(CCC2OCCO2)nn1. The van der Waals surface area contributed by atoms with Crippen LogP contribution < -0.4 is 4.74 Å². The molecule has 0 N–H and O–H groups in total. The van der Waals surface area contributed by atoms with Crippen molar-refractivity contribution in [2.45, 2.75) is 43.7 Å². The molecule has 4 rings (SSSR count). The molecule has 2 aliphatic rings. The third-order valence-corrected chi connectivity index (χ3v) is 7.15. The summed E-state index contributed by atoms with van der Waals surface area (Å²) in [5.41, 5.74) is 0.573. The van der Waals surface area contributed by atoms with Crippen LogP contribution in [0.2, 0.25) is 0 Å². The van der Waals surface area contributed by atoms with Crippen molar-refractivity contribution in [3.63, 3.8) is 0 Å². The number of halogens is 1. The number of fused-ring (bicyclic) bond motifs is 1. The first-order valence-electron chi connectivity index (χ1n) is 9.00. The zero-order chi connectivity index (χ0) is 19.7. The molecule has 1 atom stereocenters. The van der Waals surface area contributed by atoms with Crippen molar-refractivity contribution in [3.8, 4) is 5.75 Å². The number of aryl methyl sites for hydroxylation is 1. The number of ether oxygens (including phenoxy) is 3. The van der Waals surface area contributed by atoms with Gasteiger partial charge in [-0.1, -0.05) is 21.1 Å². The largest absolute Gasteiger partial charge is 0.490 e. The fourth-order valence-corrected chi connectivity index (χ4v) is 5.24. The maximum Gasteiger partial charge on any atom is 0.247 e. The van der Waals surface area contributed by atoms with Crippen LogP contribution in [0.3, 0.4) is 0 Å². The molecule has 0 spiro atoms. The predicted molar refractivity (Wildman–Crippen MR) is 102 cm³/mol. The zero-order valence-corrected chi connectivity index (χ0v) is 17.7. The van der Waals surface area contributed by atoms with E-state index in [2.05, 4.69) is 26.2 Å². The number of aromatic nitrogens is 3. The number of benzene rings is 1. The van der Waals surface area contributed by atoms with Crippen LogP contribution >= 0.6 is 15.9 Å². The molecule has 0 bridgehead atoms. The highest BCUT2D eigenvalue weighted by Crippen LogP contribution is 2.34. The Kier molecular flexibility index (Phi) is 5.70. The summed E-state index contributed by atoms with van der Waals surface area (Å²) in [6, 6.07) is 4.57. The fourth-order valence-electron chi connectivity index (χ4n) is 3.20. The molecule has 2 aromatic rings. The summed E-state index contributed by atoms with van der Waals surface area (Å²) in [4.78, 5) is 0.156. The van der Waals surface area contributed by atoms with E-state index in [1.54, 1.807) is 29.1 Å². The first-order chi connectivity index (χ1) is 13.4. The Hall–Kier alpha value is -1.53. The molecule has 3 heterocycles. The van der Waals surface area contributed by atoms with Crippen molar-refractivity contribution in [3.05, 3.63) is 34.6 Å². The van der Waals surface area contributed by atoms with Gasteiger partial charge in [0.05, 0.1) is 31.5 Å². The summed E-state index contributed by atoms with van der Waals surface area (Å²) in [7, 11) is -3.73. The van der Waals surface area contributed by atoms with Crippen molar-refractivity contribution in [2.75, 3.05) is 19.8 Å². The van der Waals surface area contributed by atoms with E-state index >= 15 is 0 Å². The molecular formula is C17H21BrN4O5S. The third kappa shape index (κ3) is 4.08. The highest BCUT2D eigenvalue weighted by atomic mass is 79.9. The van der Waals surface area contributed by atoms with E-state index in [0.29, 0.717) is 37.6 Å². The Morgan fingerprint density at radius 2 is 2.07 bits per heavy atom. The zero-order valence-electron chi connectivity index (χ0n) is 15.3. The number of sulfonamides is 1. The van der Waals surface area contributed by atoms with Gasteiger partial charge in [-0.05, 0) is 25.1 Å². The first kappa shape index (κ1) is 19.8. The molecule has 2 aliphatic heterocycles. The molecule has 152 valence electrons. The summed E-state index contributed by atoms with van der Waals surface area (Å²) in [6.07, 6.45) is 2.20. The van der Waals surface area contributed by atoms with Gasteiger partial charge in [-0.25, -0.2) is 8.42 Å². The lowest BCUT2D eigenvalue weighted by molar-refractivity contribution is -0.0496. The Morgan fingerprint density at radius 3 is 2.86 bits per heavy atom. The summed E-state index contributed by atoms with van der Waals surface area (Å²) >= 11 is 3.35. The van der Waals surface area contributed by atoms with Crippen LogP contribution in [0.1, 0.15) is 19.0 Å². The number of hydrogen-bond donors (Lipinski definition) is 0. The van der Waals surface area contributed by atoms with E-state index in [4.69, 9.17) is 14.2 Å². The molecule has 1 aromatic carbocycles. The molecular weight excluding hydrogens is 452 g/mol. The average molecular weight is 473 g/mol. The van der Waals surface area contributed by atoms with Gasteiger partial charge in [0.15, 0.2) is 6.29 Å². The van der Waals surface area contributed by atoms with Crippen LogP contribution in [0.15, 0.2) is 33.8 Å². The van der Waals surface area contributed by atoms with E-state index in [0.717, 1.165) is 4.47 Å². The van der Waals surface area contributed by atoms with Crippen LogP contribution in [0, 0.1) is 0 Å². The van der Waals surface area contributed by atoms with Crippen LogP contribution in [0.4, 0.5) is 0 Å². The lowest BCUT2D eigenvalue weighted by Crippen LogP contribution is -2.39. The predicted octanol–water partition coefficient (Wildman–Crippen LogP) is 1.78. The standard InChI is InChI=1S/C17H21BrN4O5S/c1-12-11-27-15-8-13(18)2-3-16(15)28(23,24)22(12)10-14-9-21(20-19-14)5-4-17-25-6-7-26-17/h2-3,8-9,12,17H,4-7,10-11H2,1H3/t12-/m1/s1. The minimum absolute atomic E-state index is 0.124. The van der Waals surface area contributed by atoms with E-state index in [-0.39, 0.29) is 30.4 Å². The minimum atomic E-state index is -3.73. The Morgan fingerprint density at radius 1 is 1.29 bits per heavy atom. The minimum Gasteiger partial charge on any atom is -0.490 e. The van der Waals surface area contributed by atoms with Crippen molar-refractivity contribution in [2.24, 2.45) is 0 Å². The second kappa shape index (κ2) is 8.07. The third-order valence-electron chi connectivity index (χ3n) is 4.65. The van der Waals surface area contributed by atoms with Gasteiger partial charge >= 0.3 is 0 Å². The van der Waals surface area contributed by atoms with Crippen molar-refractivity contribution >= 4 is 26.0 Å². The maximum atomic E-state index is 13.2. The fraction of sp³-hybridized carbons (Fsp3) is 0.529. The van der Waals surface area contributed by atoms with Gasteiger partial charge in [0.2, 0.25) is 10.0 Å². The molecule has 9 nitrogen and oxygen atoms in total. The van der Waals surface area contributed by atoms with Crippen LogP contribution in [0.25, 0.3) is 0 Å². The van der Waals surface area contributed by atoms with Gasteiger partial charge < -0.3 is 14.2 Å². The van der Waals surface area contributed by atoms with Crippen LogP contribution in [-0.2, 0) is 32.6 Å². The number of hydrogen-bond acceptors (Lipinski definition) is 7. The van der Waals surface area contributed by atoms with Gasteiger partial charge in [-0.3, -0.25) is 4.68 Å². The van der Waals surface area contributed by atoms with Crippen molar-refractivity contribution in [1.29, 1.82) is 0 Å². The van der Waals surface area contributed by atoms with E-state index < -0.39 is 10.0 Å². The normalized spacial score (nSPS) is 22.6. The number of rotatable bonds is 5.